The second kappa shape index (κ2) is 10.5. The maximum atomic E-state index is 13.5. The molecule has 0 spiro atoms. The number of hydrogen-bond donors (Lipinski definition) is 0. The van der Waals surface area contributed by atoms with Gasteiger partial charge in [0.05, 0.1) is 41.4 Å². The van der Waals surface area contributed by atoms with Crippen molar-refractivity contribution in [3.8, 4) is 0 Å². The van der Waals surface area contributed by atoms with Crippen LogP contribution in [0.4, 0.5) is 0 Å². The molecule has 0 fully saturated rings. The average molecular weight is 503 g/mol. The van der Waals surface area contributed by atoms with Gasteiger partial charge in [-0.3, -0.25) is 5.01 Å². The Bertz CT molecular complexity index is 1220. The average Bonchev–Trinajstić information content (AvgIpc) is 3.33. The van der Waals surface area contributed by atoms with Crippen molar-refractivity contribution >= 4 is 22.0 Å². The van der Waals surface area contributed by atoms with Crippen molar-refractivity contribution in [3.63, 3.8) is 0 Å². The first kappa shape index (κ1) is 26.2. The van der Waals surface area contributed by atoms with Gasteiger partial charge in [-0.25, -0.2) is 18.0 Å². The number of nitrogens with zero attached hydrogens (tertiary/aromatic N) is 2. The zero-order valence-electron chi connectivity index (χ0n) is 20.7. The van der Waals surface area contributed by atoms with Gasteiger partial charge in [-0.1, -0.05) is 17.7 Å². The van der Waals surface area contributed by atoms with Crippen molar-refractivity contribution < 1.29 is 31.9 Å². The molecule has 1 aliphatic rings. The standard InChI is InChI=1S/C25H30N2O7S/c1-7-32-24(28)21-17(4)27(26(6)35(30,31)19-13-11-16(3)12-14-19)18(5)22(25(29)33-8-2)23(21)20-10-9-15-34-20/h9-15,23H,7-8H2,1-6H3. The molecule has 35 heavy (non-hydrogen) atoms. The first-order chi connectivity index (χ1) is 16.6. The van der Waals surface area contributed by atoms with E-state index in [4.69, 9.17) is 13.9 Å². The number of carbonyl (C=O) groups excluding carboxylic acids is 2. The molecule has 2 aromatic rings. The van der Waals surface area contributed by atoms with Crippen molar-refractivity contribution in [3.05, 3.63) is 76.5 Å². The van der Waals surface area contributed by atoms with Gasteiger partial charge in [0.15, 0.2) is 0 Å². The third-order valence-electron chi connectivity index (χ3n) is 5.76. The third kappa shape index (κ3) is 4.89. The number of rotatable bonds is 8. The van der Waals surface area contributed by atoms with Gasteiger partial charge in [-0.05, 0) is 58.9 Å². The minimum absolute atomic E-state index is 0.0646. The van der Waals surface area contributed by atoms with E-state index in [1.807, 2.05) is 6.92 Å². The number of allylic oxidation sites excluding steroid dienone is 2. The molecule has 10 heteroatoms. The van der Waals surface area contributed by atoms with Crippen LogP contribution in [0, 0.1) is 6.92 Å². The Morgan fingerprint density at radius 2 is 1.46 bits per heavy atom. The van der Waals surface area contributed by atoms with Crippen molar-refractivity contribution in [1.82, 2.24) is 9.42 Å². The molecule has 1 aromatic carbocycles. The SMILES string of the molecule is CCOC(=O)C1=C(C)N(N(C)S(=O)(=O)c2ccc(C)cc2)C(C)=C(C(=O)OCC)C1c1ccco1. The maximum Gasteiger partial charge on any atom is 0.336 e. The van der Waals surface area contributed by atoms with Gasteiger partial charge in [-0.15, -0.1) is 4.41 Å². The van der Waals surface area contributed by atoms with Crippen LogP contribution in [0.1, 0.15) is 44.9 Å². The van der Waals surface area contributed by atoms with Crippen LogP contribution in [0.15, 0.2) is 74.5 Å². The van der Waals surface area contributed by atoms with E-state index < -0.39 is 27.9 Å². The number of hydrazine groups is 1. The Hall–Kier alpha value is -3.37. The molecule has 0 radical (unpaired) electrons. The monoisotopic (exact) mass is 502 g/mol. The predicted octanol–water partition coefficient (Wildman–Crippen LogP) is 3.90. The van der Waals surface area contributed by atoms with Crippen LogP contribution >= 0.6 is 0 Å². The summed E-state index contributed by atoms with van der Waals surface area (Å²) in [5.41, 5.74) is 1.65. The number of benzene rings is 1. The highest BCUT2D eigenvalue weighted by atomic mass is 32.2. The van der Waals surface area contributed by atoms with E-state index in [0.717, 1.165) is 9.98 Å². The summed E-state index contributed by atoms with van der Waals surface area (Å²) >= 11 is 0. The molecular formula is C25H30N2O7S. The van der Waals surface area contributed by atoms with Gasteiger partial charge in [0.1, 0.15) is 5.76 Å². The molecule has 0 saturated heterocycles. The van der Waals surface area contributed by atoms with Crippen LogP contribution in [-0.2, 0) is 29.1 Å². The topological polar surface area (TPSA) is 106 Å². The summed E-state index contributed by atoms with van der Waals surface area (Å²) in [5, 5.41) is 1.33. The van der Waals surface area contributed by atoms with Crippen LogP contribution < -0.4 is 0 Å². The fraction of sp³-hybridized carbons (Fsp3) is 0.360. The molecule has 0 bridgehead atoms. The molecule has 3 rings (SSSR count). The fourth-order valence-corrected chi connectivity index (χ4v) is 5.37. The van der Waals surface area contributed by atoms with Gasteiger partial charge in [0, 0.05) is 18.4 Å². The van der Waals surface area contributed by atoms with Crippen molar-refractivity contribution in [2.24, 2.45) is 0 Å². The summed E-state index contributed by atoms with van der Waals surface area (Å²) in [7, 11) is -2.69. The fourth-order valence-electron chi connectivity index (χ4n) is 4.12. The van der Waals surface area contributed by atoms with E-state index >= 15 is 0 Å². The lowest BCUT2D eigenvalue weighted by molar-refractivity contribution is -0.140. The largest absolute Gasteiger partial charge is 0.468 e. The third-order valence-corrected chi connectivity index (χ3v) is 7.49. The summed E-state index contributed by atoms with van der Waals surface area (Å²) in [4.78, 5) is 26.4. The number of furan rings is 1. The van der Waals surface area contributed by atoms with Gasteiger partial charge < -0.3 is 13.9 Å². The summed E-state index contributed by atoms with van der Waals surface area (Å²) in [6.07, 6.45) is 1.44. The highest BCUT2D eigenvalue weighted by Crippen LogP contribution is 2.44. The quantitative estimate of drug-likeness (QED) is 0.501. The summed E-state index contributed by atoms with van der Waals surface area (Å²) in [6.45, 7) is 8.58. The molecule has 2 heterocycles. The van der Waals surface area contributed by atoms with Crippen LogP contribution in [0.25, 0.3) is 0 Å². The second-order valence-corrected chi connectivity index (χ2v) is 9.90. The van der Waals surface area contributed by atoms with E-state index in [9.17, 15) is 18.0 Å². The van der Waals surface area contributed by atoms with Crippen LogP contribution in [0.5, 0.6) is 0 Å². The number of sulfonamides is 1. The summed E-state index contributed by atoms with van der Waals surface area (Å²) in [5.74, 6) is -1.98. The normalized spacial score (nSPS) is 15.1. The van der Waals surface area contributed by atoms with E-state index in [1.54, 1.807) is 52.0 Å². The van der Waals surface area contributed by atoms with Gasteiger partial charge in [0.2, 0.25) is 0 Å². The molecule has 0 atom stereocenters. The smallest absolute Gasteiger partial charge is 0.336 e. The Morgan fingerprint density at radius 1 is 0.943 bits per heavy atom. The second-order valence-electron chi connectivity index (χ2n) is 7.95. The molecule has 0 N–H and O–H groups in total. The minimum Gasteiger partial charge on any atom is -0.468 e. The van der Waals surface area contributed by atoms with Crippen molar-refractivity contribution in [2.45, 2.75) is 45.4 Å². The Kier molecular flexibility index (Phi) is 7.86. The van der Waals surface area contributed by atoms with Gasteiger partial charge in [-0.2, -0.15) is 0 Å². The van der Waals surface area contributed by atoms with Crippen LogP contribution in [-0.4, -0.2) is 50.0 Å². The number of esters is 2. The lowest BCUT2D eigenvalue weighted by atomic mass is 9.83. The molecule has 9 nitrogen and oxygen atoms in total. The minimum atomic E-state index is -4.05. The Morgan fingerprint density at radius 3 is 1.89 bits per heavy atom. The molecule has 1 aromatic heterocycles. The first-order valence-corrected chi connectivity index (χ1v) is 12.6. The molecule has 188 valence electrons. The molecule has 0 unspecified atom stereocenters. The number of hydrogen-bond acceptors (Lipinski definition) is 8. The van der Waals surface area contributed by atoms with E-state index in [2.05, 4.69) is 0 Å². The van der Waals surface area contributed by atoms with E-state index in [0.29, 0.717) is 5.76 Å². The molecule has 0 aliphatic carbocycles. The molecule has 0 amide bonds. The predicted molar refractivity (Wildman–Crippen MR) is 128 cm³/mol. The van der Waals surface area contributed by atoms with Crippen LogP contribution in [0.3, 0.4) is 0 Å². The molecular weight excluding hydrogens is 472 g/mol. The van der Waals surface area contributed by atoms with Crippen LogP contribution in [0.2, 0.25) is 0 Å². The lowest BCUT2D eigenvalue weighted by Crippen LogP contribution is -2.46. The molecule has 0 saturated carbocycles. The summed E-state index contributed by atoms with van der Waals surface area (Å²) in [6, 6.07) is 9.70. The highest BCUT2D eigenvalue weighted by Gasteiger charge is 2.44. The highest BCUT2D eigenvalue weighted by molar-refractivity contribution is 7.89. The number of ether oxygens (including phenoxy) is 2. The van der Waals surface area contributed by atoms with Crippen molar-refractivity contribution in [1.29, 1.82) is 0 Å². The van der Waals surface area contributed by atoms with E-state index in [-0.39, 0.29) is 40.6 Å². The molecule has 1 aliphatic heterocycles. The van der Waals surface area contributed by atoms with E-state index in [1.165, 1.54) is 30.5 Å². The number of aryl methyl sites for hydroxylation is 1. The zero-order valence-corrected chi connectivity index (χ0v) is 21.5. The van der Waals surface area contributed by atoms with Gasteiger partial charge in [0.25, 0.3) is 10.0 Å². The van der Waals surface area contributed by atoms with Gasteiger partial charge >= 0.3 is 11.9 Å². The maximum absolute atomic E-state index is 13.5. The number of carbonyl (C=O) groups is 2. The Balaban J connectivity index is 2.27. The first-order valence-electron chi connectivity index (χ1n) is 11.2. The lowest BCUT2D eigenvalue weighted by Gasteiger charge is -2.40. The zero-order chi connectivity index (χ0) is 25.9. The summed E-state index contributed by atoms with van der Waals surface area (Å²) < 4.78 is 44.3. The Labute approximate surface area is 205 Å². The van der Waals surface area contributed by atoms with Crippen molar-refractivity contribution in [2.75, 3.05) is 20.3 Å².